The maximum Gasteiger partial charge on any atom is 0.338 e. The summed E-state index contributed by atoms with van der Waals surface area (Å²) in [5, 5.41) is 17.9. The van der Waals surface area contributed by atoms with Crippen molar-refractivity contribution in [2.75, 3.05) is 0 Å². The summed E-state index contributed by atoms with van der Waals surface area (Å²) in [6.45, 7) is 0. The van der Waals surface area contributed by atoms with Crippen LogP contribution in [-0.2, 0) is 0 Å². The molecule has 0 aliphatic heterocycles. The van der Waals surface area contributed by atoms with Crippen LogP contribution in [0.4, 0.5) is 4.39 Å². The predicted octanol–water partition coefficient (Wildman–Crippen LogP) is 3.54. The van der Waals surface area contributed by atoms with Crippen LogP contribution in [0.5, 0.6) is 0 Å². The van der Waals surface area contributed by atoms with Crippen LogP contribution in [0, 0.1) is 5.82 Å². The van der Waals surface area contributed by atoms with Gasteiger partial charge >= 0.3 is 11.9 Å². The summed E-state index contributed by atoms with van der Waals surface area (Å²) < 4.78 is 13.7. The summed E-state index contributed by atoms with van der Waals surface area (Å²) in [6.07, 6.45) is 0. The van der Waals surface area contributed by atoms with Gasteiger partial charge in [0.25, 0.3) is 0 Å². The molecule has 0 aromatic heterocycles. The lowest BCUT2D eigenvalue weighted by Crippen LogP contribution is -2.03. The Morgan fingerprint density at radius 2 is 1.75 bits per heavy atom. The molecule has 102 valence electrons. The Hall–Kier alpha value is -2.40. The quantitative estimate of drug-likeness (QED) is 0.908. The van der Waals surface area contributed by atoms with E-state index in [1.54, 1.807) is 0 Å². The highest BCUT2D eigenvalue weighted by molar-refractivity contribution is 6.34. The molecule has 0 bridgehead atoms. The molecule has 0 saturated carbocycles. The molecule has 6 heteroatoms. The van der Waals surface area contributed by atoms with Gasteiger partial charge in [-0.3, -0.25) is 0 Å². The summed E-state index contributed by atoms with van der Waals surface area (Å²) in [5.74, 6) is -3.57. The Balaban J connectivity index is 2.64. The number of carboxylic acid groups (broad SMARTS) is 2. The van der Waals surface area contributed by atoms with E-state index in [1.807, 2.05) is 0 Å². The van der Waals surface area contributed by atoms with Gasteiger partial charge in [0.1, 0.15) is 5.82 Å². The van der Waals surface area contributed by atoms with E-state index in [0.29, 0.717) is 0 Å². The maximum atomic E-state index is 13.7. The van der Waals surface area contributed by atoms with E-state index in [2.05, 4.69) is 0 Å². The number of halogens is 2. The topological polar surface area (TPSA) is 74.6 Å². The molecular weight excluding hydrogens is 287 g/mol. The Morgan fingerprint density at radius 1 is 1.05 bits per heavy atom. The molecule has 0 aliphatic carbocycles. The fraction of sp³-hybridized carbons (Fsp3) is 0. The van der Waals surface area contributed by atoms with Crippen molar-refractivity contribution in [2.24, 2.45) is 0 Å². The van der Waals surface area contributed by atoms with Gasteiger partial charge in [0.2, 0.25) is 0 Å². The molecule has 0 spiro atoms. The van der Waals surface area contributed by atoms with E-state index >= 15 is 0 Å². The van der Waals surface area contributed by atoms with E-state index in [1.165, 1.54) is 24.3 Å². The summed E-state index contributed by atoms with van der Waals surface area (Å²) in [4.78, 5) is 21.9. The van der Waals surface area contributed by atoms with Gasteiger partial charge in [-0.25, -0.2) is 14.0 Å². The van der Waals surface area contributed by atoms with Crippen LogP contribution >= 0.6 is 11.6 Å². The third kappa shape index (κ3) is 2.48. The van der Waals surface area contributed by atoms with Crippen molar-refractivity contribution in [1.29, 1.82) is 0 Å². The Bertz CT molecular complexity index is 712. The molecule has 0 aliphatic rings. The summed E-state index contributed by atoms with van der Waals surface area (Å²) >= 11 is 5.83. The fourth-order valence-corrected chi connectivity index (χ4v) is 2.09. The molecule has 2 aromatic carbocycles. The highest BCUT2D eigenvalue weighted by Crippen LogP contribution is 2.30. The van der Waals surface area contributed by atoms with E-state index < -0.39 is 23.3 Å². The van der Waals surface area contributed by atoms with E-state index in [4.69, 9.17) is 21.8 Å². The molecule has 0 saturated heterocycles. The zero-order chi connectivity index (χ0) is 14.9. The monoisotopic (exact) mass is 294 g/mol. The highest BCUT2D eigenvalue weighted by Gasteiger charge is 2.17. The second-order valence-electron chi connectivity index (χ2n) is 3.97. The number of hydrogen-bond donors (Lipinski definition) is 2. The number of benzene rings is 2. The van der Waals surface area contributed by atoms with Crippen LogP contribution < -0.4 is 0 Å². The second-order valence-corrected chi connectivity index (χ2v) is 4.37. The van der Waals surface area contributed by atoms with Crippen LogP contribution in [0.2, 0.25) is 5.02 Å². The molecule has 4 nitrogen and oxygen atoms in total. The molecular formula is C14H8ClFO4. The minimum absolute atomic E-state index is 0.0257. The summed E-state index contributed by atoms with van der Waals surface area (Å²) in [5.41, 5.74) is -0.169. The summed E-state index contributed by atoms with van der Waals surface area (Å²) in [6, 6.07) is 7.82. The second kappa shape index (κ2) is 5.30. The number of hydrogen-bond acceptors (Lipinski definition) is 2. The van der Waals surface area contributed by atoms with Gasteiger partial charge < -0.3 is 10.2 Å². The van der Waals surface area contributed by atoms with Gasteiger partial charge in [0.15, 0.2) is 0 Å². The molecule has 20 heavy (non-hydrogen) atoms. The molecule has 0 unspecified atom stereocenters. The largest absolute Gasteiger partial charge is 0.478 e. The average molecular weight is 295 g/mol. The first-order valence-corrected chi connectivity index (χ1v) is 5.84. The Morgan fingerprint density at radius 3 is 2.30 bits per heavy atom. The normalized spacial score (nSPS) is 10.3. The van der Waals surface area contributed by atoms with Crippen LogP contribution in [0.3, 0.4) is 0 Å². The molecule has 0 fully saturated rings. The van der Waals surface area contributed by atoms with Gasteiger partial charge in [-0.05, 0) is 29.3 Å². The zero-order valence-electron chi connectivity index (χ0n) is 9.93. The molecule has 2 rings (SSSR count). The lowest BCUT2D eigenvalue weighted by molar-refractivity contribution is 0.0683. The SMILES string of the molecule is O=C(O)c1ccc(-c2cccc(Cl)c2C(=O)O)cc1F. The van der Waals surface area contributed by atoms with Crippen LogP contribution in [0.15, 0.2) is 36.4 Å². The van der Waals surface area contributed by atoms with Gasteiger partial charge in [0.05, 0.1) is 16.1 Å². The van der Waals surface area contributed by atoms with Gasteiger partial charge in [-0.15, -0.1) is 0 Å². The minimum Gasteiger partial charge on any atom is -0.478 e. The van der Waals surface area contributed by atoms with Crippen molar-refractivity contribution in [2.45, 2.75) is 0 Å². The number of carbonyl (C=O) groups is 2. The van der Waals surface area contributed by atoms with E-state index in [9.17, 15) is 14.0 Å². The third-order valence-corrected chi connectivity index (χ3v) is 3.05. The number of rotatable bonds is 3. The molecule has 0 atom stereocenters. The molecule has 0 heterocycles. The smallest absolute Gasteiger partial charge is 0.338 e. The molecule has 2 aromatic rings. The predicted molar refractivity (Wildman–Crippen MR) is 70.8 cm³/mol. The molecule has 0 amide bonds. The van der Waals surface area contributed by atoms with Crippen LogP contribution in [0.1, 0.15) is 20.7 Å². The molecule has 0 radical (unpaired) electrons. The Kier molecular flexibility index (Phi) is 3.72. The first kappa shape index (κ1) is 14.0. The molecule has 2 N–H and O–H groups in total. The van der Waals surface area contributed by atoms with E-state index in [0.717, 1.165) is 12.1 Å². The van der Waals surface area contributed by atoms with E-state index in [-0.39, 0.29) is 21.7 Å². The summed E-state index contributed by atoms with van der Waals surface area (Å²) in [7, 11) is 0. The minimum atomic E-state index is -1.39. The van der Waals surface area contributed by atoms with Crippen molar-refractivity contribution in [1.82, 2.24) is 0 Å². The van der Waals surface area contributed by atoms with Crippen molar-refractivity contribution in [3.05, 3.63) is 58.4 Å². The third-order valence-electron chi connectivity index (χ3n) is 2.74. The first-order chi connectivity index (χ1) is 9.41. The van der Waals surface area contributed by atoms with Crippen LogP contribution in [0.25, 0.3) is 11.1 Å². The van der Waals surface area contributed by atoms with Crippen molar-refractivity contribution in [3.8, 4) is 11.1 Å². The highest BCUT2D eigenvalue weighted by atomic mass is 35.5. The zero-order valence-corrected chi connectivity index (χ0v) is 10.7. The maximum absolute atomic E-state index is 13.7. The van der Waals surface area contributed by atoms with Gasteiger partial charge in [0, 0.05) is 0 Å². The standard InChI is InChI=1S/C14H8ClFO4/c15-10-3-1-2-8(12(10)14(19)20)7-4-5-9(13(17)18)11(16)6-7/h1-6H,(H,17,18)(H,19,20). The Labute approximate surface area is 118 Å². The lowest BCUT2D eigenvalue weighted by Gasteiger charge is -2.09. The number of aromatic carboxylic acids is 2. The van der Waals surface area contributed by atoms with Crippen molar-refractivity contribution < 1.29 is 24.2 Å². The number of carboxylic acids is 2. The van der Waals surface area contributed by atoms with Crippen molar-refractivity contribution >= 4 is 23.5 Å². The fourth-order valence-electron chi connectivity index (χ4n) is 1.84. The average Bonchev–Trinajstić information content (AvgIpc) is 2.37. The lowest BCUT2D eigenvalue weighted by atomic mass is 9.98. The first-order valence-electron chi connectivity index (χ1n) is 5.47. The van der Waals surface area contributed by atoms with Crippen LogP contribution in [-0.4, -0.2) is 22.2 Å². The van der Waals surface area contributed by atoms with Gasteiger partial charge in [-0.1, -0.05) is 29.8 Å². The van der Waals surface area contributed by atoms with Gasteiger partial charge in [-0.2, -0.15) is 0 Å². The van der Waals surface area contributed by atoms with Crippen molar-refractivity contribution in [3.63, 3.8) is 0 Å².